The Morgan fingerprint density at radius 3 is 3.06 bits per heavy atom. The first-order chi connectivity index (χ1) is 7.81. The highest BCUT2D eigenvalue weighted by atomic mass is 32.1. The van der Waals surface area contributed by atoms with Gasteiger partial charge in [0.25, 0.3) is 0 Å². The zero-order chi connectivity index (χ0) is 11.4. The summed E-state index contributed by atoms with van der Waals surface area (Å²) in [5.74, 6) is 0. The van der Waals surface area contributed by atoms with E-state index in [2.05, 4.69) is 16.5 Å². The Bertz CT molecular complexity index is 422. The van der Waals surface area contributed by atoms with Gasteiger partial charge in [-0.25, -0.2) is 0 Å². The number of nitrogens with zero attached hydrogens (tertiary/aromatic N) is 2. The number of hydrogen-bond donors (Lipinski definition) is 1. The van der Waals surface area contributed by atoms with E-state index >= 15 is 0 Å². The van der Waals surface area contributed by atoms with Gasteiger partial charge in [0, 0.05) is 17.6 Å². The second-order valence-corrected chi connectivity index (χ2v) is 4.74. The molecule has 16 heavy (non-hydrogen) atoms. The van der Waals surface area contributed by atoms with E-state index in [4.69, 9.17) is 0 Å². The second-order valence-electron chi connectivity index (χ2n) is 3.71. The average molecular weight is 236 g/mol. The van der Waals surface area contributed by atoms with Gasteiger partial charge in [-0.3, -0.25) is 4.68 Å². The minimum atomic E-state index is -0.412. The van der Waals surface area contributed by atoms with Crippen LogP contribution in [0, 0.1) is 0 Å². The Hall–Kier alpha value is -1.13. The predicted octanol–water partition coefficient (Wildman–Crippen LogP) is 2.63. The topological polar surface area (TPSA) is 38.0 Å². The van der Waals surface area contributed by atoms with Crippen LogP contribution in [0.15, 0.2) is 29.8 Å². The van der Waals surface area contributed by atoms with Crippen LogP contribution in [-0.4, -0.2) is 14.9 Å². The number of aryl methyl sites for hydroxylation is 2. The minimum absolute atomic E-state index is 0.412. The van der Waals surface area contributed by atoms with Gasteiger partial charge in [0.1, 0.15) is 0 Å². The molecule has 2 aromatic heterocycles. The van der Waals surface area contributed by atoms with Crippen molar-refractivity contribution < 1.29 is 5.11 Å². The monoisotopic (exact) mass is 236 g/mol. The van der Waals surface area contributed by atoms with Crippen LogP contribution in [0.25, 0.3) is 0 Å². The number of aliphatic hydroxyl groups is 1. The first-order valence-corrected chi connectivity index (χ1v) is 6.41. The Morgan fingerprint density at radius 1 is 1.50 bits per heavy atom. The fourth-order valence-corrected chi connectivity index (χ4v) is 2.50. The number of aliphatic hydroxyl groups excluding tert-OH is 1. The lowest BCUT2D eigenvalue weighted by Crippen LogP contribution is -2.08. The summed E-state index contributed by atoms with van der Waals surface area (Å²) < 4.78 is 1.85. The summed E-state index contributed by atoms with van der Waals surface area (Å²) in [5.41, 5.74) is 0.916. The molecule has 4 heteroatoms. The molecule has 0 fully saturated rings. The molecule has 0 amide bonds. The van der Waals surface area contributed by atoms with Gasteiger partial charge in [-0.1, -0.05) is 6.07 Å². The third-order valence-corrected chi connectivity index (χ3v) is 3.57. The molecule has 0 radical (unpaired) electrons. The maximum atomic E-state index is 10.1. The first kappa shape index (κ1) is 11.4. The van der Waals surface area contributed by atoms with Crippen molar-refractivity contribution in [3.8, 4) is 0 Å². The van der Waals surface area contributed by atoms with Crippen molar-refractivity contribution in [2.45, 2.75) is 32.4 Å². The summed E-state index contributed by atoms with van der Waals surface area (Å²) in [7, 11) is 0. The molecule has 86 valence electrons. The van der Waals surface area contributed by atoms with Gasteiger partial charge in [0.15, 0.2) is 0 Å². The summed E-state index contributed by atoms with van der Waals surface area (Å²) in [6.45, 7) is 2.83. The van der Waals surface area contributed by atoms with E-state index in [9.17, 15) is 5.11 Å². The number of thiophene rings is 1. The fourth-order valence-electron chi connectivity index (χ4n) is 1.77. The van der Waals surface area contributed by atoms with E-state index in [-0.39, 0.29) is 0 Å². The molecule has 0 aliphatic rings. The van der Waals surface area contributed by atoms with Gasteiger partial charge in [0.05, 0.1) is 11.8 Å². The molecule has 2 heterocycles. The molecule has 0 aliphatic carbocycles. The average Bonchev–Trinajstić information content (AvgIpc) is 2.96. The molecule has 0 bridgehead atoms. The summed E-state index contributed by atoms with van der Waals surface area (Å²) >= 11 is 1.74. The van der Waals surface area contributed by atoms with Crippen molar-refractivity contribution in [2.24, 2.45) is 0 Å². The Morgan fingerprint density at radius 2 is 2.38 bits per heavy atom. The molecule has 1 atom stereocenters. The fraction of sp³-hybridized carbons (Fsp3) is 0.417. The minimum Gasteiger partial charge on any atom is -0.387 e. The van der Waals surface area contributed by atoms with Crippen molar-refractivity contribution >= 4 is 11.3 Å². The van der Waals surface area contributed by atoms with Gasteiger partial charge in [-0.05, 0) is 37.3 Å². The molecular weight excluding hydrogens is 220 g/mol. The van der Waals surface area contributed by atoms with Crippen LogP contribution < -0.4 is 0 Å². The molecule has 1 N–H and O–H groups in total. The molecule has 0 saturated carbocycles. The van der Waals surface area contributed by atoms with Crippen LogP contribution in [0.4, 0.5) is 0 Å². The van der Waals surface area contributed by atoms with Gasteiger partial charge >= 0.3 is 0 Å². The van der Waals surface area contributed by atoms with Gasteiger partial charge in [-0.15, -0.1) is 11.3 Å². The lowest BCUT2D eigenvalue weighted by molar-refractivity contribution is 0.157. The van der Waals surface area contributed by atoms with Crippen LogP contribution in [-0.2, 0) is 13.0 Å². The Balaban J connectivity index is 1.95. The van der Waals surface area contributed by atoms with Crippen molar-refractivity contribution in [2.75, 3.05) is 0 Å². The van der Waals surface area contributed by atoms with E-state index < -0.39 is 6.10 Å². The molecular formula is C12H16N2OS. The summed E-state index contributed by atoms with van der Waals surface area (Å²) in [6, 6.07) is 6.04. The lowest BCUT2D eigenvalue weighted by Gasteiger charge is -2.11. The highest BCUT2D eigenvalue weighted by molar-refractivity contribution is 7.09. The van der Waals surface area contributed by atoms with Crippen LogP contribution in [0.2, 0.25) is 0 Å². The summed E-state index contributed by atoms with van der Waals surface area (Å²) in [4.78, 5) is 1.32. The van der Waals surface area contributed by atoms with Crippen LogP contribution in [0.3, 0.4) is 0 Å². The molecule has 0 saturated heterocycles. The molecule has 3 nitrogen and oxygen atoms in total. The van der Waals surface area contributed by atoms with Crippen molar-refractivity contribution in [1.29, 1.82) is 0 Å². The SMILES string of the molecule is CCn1nccc1C(O)CCc1cccs1. The summed E-state index contributed by atoms with van der Waals surface area (Å²) in [6.07, 6.45) is 3.01. The van der Waals surface area contributed by atoms with E-state index in [1.165, 1.54) is 4.88 Å². The molecule has 2 aromatic rings. The molecule has 2 rings (SSSR count). The number of rotatable bonds is 5. The predicted molar refractivity (Wildman–Crippen MR) is 65.5 cm³/mol. The smallest absolute Gasteiger partial charge is 0.0960 e. The quantitative estimate of drug-likeness (QED) is 0.866. The standard InChI is InChI=1S/C12H16N2OS/c1-2-14-11(7-8-13-14)12(15)6-5-10-4-3-9-16-10/h3-4,7-9,12,15H,2,5-6H2,1H3. The lowest BCUT2D eigenvalue weighted by atomic mass is 10.1. The molecule has 0 aromatic carbocycles. The van der Waals surface area contributed by atoms with Crippen LogP contribution in [0.1, 0.15) is 30.0 Å². The maximum Gasteiger partial charge on any atom is 0.0960 e. The van der Waals surface area contributed by atoms with E-state index in [1.807, 2.05) is 23.7 Å². The van der Waals surface area contributed by atoms with Gasteiger partial charge in [-0.2, -0.15) is 5.10 Å². The maximum absolute atomic E-state index is 10.1. The van der Waals surface area contributed by atoms with E-state index in [0.29, 0.717) is 0 Å². The second kappa shape index (κ2) is 5.27. The Labute approximate surface area is 99.4 Å². The first-order valence-electron chi connectivity index (χ1n) is 5.53. The third kappa shape index (κ3) is 2.51. The van der Waals surface area contributed by atoms with E-state index in [0.717, 1.165) is 25.1 Å². The number of aromatic nitrogens is 2. The summed E-state index contributed by atoms with van der Waals surface area (Å²) in [5, 5.41) is 16.3. The van der Waals surface area contributed by atoms with Crippen molar-refractivity contribution in [3.63, 3.8) is 0 Å². The van der Waals surface area contributed by atoms with Crippen molar-refractivity contribution in [3.05, 3.63) is 40.3 Å². The highest BCUT2D eigenvalue weighted by Gasteiger charge is 2.12. The normalized spacial score (nSPS) is 12.9. The molecule has 0 aliphatic heterocycles. The van der Waals surface area contributed by atoms with Gasteiger partial charge in [0.2, 0.25) is 0 Å². The zero-order valence-electron chi connectivity index (χ0n) is 9.34. The largest absolute Gasteiger partial charge is 0.387 e. The van der Waals surface area contributed by atoms with E-state index in [1.54, 1.807) is 17.5 Å². The van der Waals surface area contributed by atoms with Crippen molar-refractivity contribution in [1.82, 2.24) is 9.78 Å². The highest BCUT2D eigenvalue weighted by Crippen LogP contribution is 2.20. The molecule has 0 spiro atoms. The third-order valence-electron chi connectivity index (χ3n) is 2.63. The zero-order valence-corrected chi connectivity index (χ0v) is 10.2. The van der Waals surface area contributed by atoms with Gasteiger partial charge < -0.3 is 5.11 Å². The number of hydrogen-bond acceptors (Lipinski definition) is 3. The Kier molecular flexibility index (Phi) is 3.74. The van der Waals surface area contributed by atoms with Crippen LogP contribution >= 0.6 is 11.3 Å². The van der Waals surface area contributed by atoms with Crippen LogP contribution in [0.5, 0.6) is 0 Å². The molecule has 1 unspecified atom stereocenters.